The fourth-order valence-corrected chi connectivity index (χ4v) is 2.98. The van der Waals surface area contributed by atoms with Crippen molar-refractivity contribution in [1.82, 2.24) is 15.8 Å². The highest BCUT2D eigenvalue weighted by atomic mass is 35.5. The Bertz CT molecular complexity index is 677. The van der Waals surface area contributed by atoms with E-state index in [0.29, 0.717) is 20.6 Å². The summed E-state index contributed by atoms with van der Waals surface area (Å²) in [7, 11) is 0. The molecule has 0 fully saturated rings. The van der Waals surface area contributed by atoms with Crippen molar-refractivity contribution >= 4 is 46.8 Å². The molecule has 1 aromatic heterocycles. The standard InChI is InChI=1S/C14H13Cl2N3O2S/c1-8(22-12-7-9(15)4-5-10(12)16)13(20)18-19-14(21)11-3-2-6-17-11/h2-8,17H,1H3,(H,18,20)(H,19,21). The molecule has 8 heteroatoms. The third kappa shape index (κ3) is 4.43. The summed E-state index contributed by atoms with van der Waals surface area (Å²) < 4.78 is 0. The van der Waals surface area contributed by atoms with Crippen LogP contribution in [-0.4, -0.2) is 22.0 Å². The van der Waals surface area contributed by atoms with Crippen LogP contribution in [0, 0.1) is 0 Å². The van der Waals surface area contributed by atoms with Gasteiger partial charge in [0.2, 0.25) is 0 Å². The van der Waals surface area contributed by atoms with E-state index in [0.717, 1.165) is 0 Å². The summed E-state index contributed by atoms with van der Waals surface area (Å²) in [4.78, 5) is 27.1. The van der Waals surface area contributed by atoms with Gasteiger partial charge < -0.3 is 4.98 Å². The molecule has 2 aromatic rings. The first-order valence-corrected chi connectivity index (χ1v) is 7.96. The third-order valence-corrected chi connectivity index (χ3v) is 4.54. The molecule has 2 rings (SSSR count). The van der Waals surface area contributed by atoms with Gasteiger partial charge >= 0.3 is 0 Å². The summed E-state index contributed by atoms with van der Waals surface area (Å²) in [6, 6.07) is 8.33. The molecule has 2 amide bonds. The van der Waals surface area contributed by atoms with E-state index in [1.807, 2.05) is 0 Å². The van der Waals surface area contributed by atoms with Crippen molar-refractivity contribution in [2.45, 2.75) is 17.1 Å². The SMILES string of the molecule is CC(Sc1cc(Cl)ccc1Cl)C(=O)NNC(=O)c1ccc[nH]1. The maximum atomic E-state index is 12.0. The maximum absolute atomic E-state index is 12.0. The van der Waals surface area contributed by atoms with Crippen molar-refractivity contribution < 1.29 is 9.59 Å². The second-order valence-corrected chi connectivity index (χ2v) is 6.59. The Kier molecular flexibility index (Phi) is 5.76. The van der Waals surface area contributed by atoms with Gasteiger partial charge in [0.25, 0.3) is 11.8 Å². The van der Waals surface area contributed by atoms with E-state index >= 15 is 0 Å². The van der Waals surface area contributed by atoms with Gasteiger partial charge in [-0.25, -0.2) is 0 Å². The number of halogens is 2. The topological polar surface area (TPSA) is 74.0 Å². The highest BCUT2D eigenvalue weighted by Gasteiger charge is 2.17. The Morgan fingerprint density at radius 3 is 2.68 bits per heavy atom. The second-order valence-electron chi connectivity index (χ2n) is 4.36. The van der Waals surface area contributed by atoms with E-state index in [1.165, 1.54) is 11.8 Å². The zero-order valence-corrected chi connectivity index (χ0v) is 13.9. The molecule has 1 unspecified atom stereocenters. The van der Waals surface area contributed by atoms with Crippen molar-refractivity contribution in [2.24, 2.45) is 0 Å². The quantitative estimate of drug-likeness (QED) is 0.580. The van der Waals surface area contributed by atoms with Crippen LogP contribution in [0.5, 0.6) is 0 Å². The minimum atomic E-state index is -0.458. The Morgan fingerprint density at radius 1 is 1.23 bits per heavy atom. The van der Waals surface area contributed by atoms with E-state index in [2.05, 4.69) is 15.8 Å². The number of carbonyl (C=O) groups is 2. The number of rotatable bonds is 4. The molecule has 1 aromatic carbocycles. The number of hydrazine groups is 1. The molecule has 0 aliphatic carbocycles. The molecule has 0 spiro atoms. The first-order chi connectivity index (χ1) is 10.5. The van der Waals surface area contributed by atoms with Gasteiger partial charge in [-0.15, -0.1) is 11.8 Å². The molecule has 0 bridgehead atoms. The molecule has 1 heterocycles. The van der Waals surface area contributed by atoms with Gasteiger partial charge in [-0.1, -0.05) is 23.2 Å². The van der Waals surface area contributed by atoms with Gasteiger partial charge in [0.1, 0.15) is 5.69 Å². The smallest absolute Gasteiger partial charge is 0.286 e. The number of carbonyl (C=O) groups excluding carboxylic acids is 2. The maximum Gasteiger partial charge on any atom is 0.286 e. The minimum absolute atomic E-state index is 0.346. The molecule has 0 radical (unpaired) electrons. The number of thioether (sulfide) groups is 1. The Balaban J connectivity index is 1.89. The number of aromatic nitrogens is 1. The molecule has 0 aliphatic rings. The van der Waals surface area contributed by atoms with Gasteiger partial charge in [-0.05, 0) is 37.3 Å². The summed E-state index contributed by atoms with van der Waals surface area (Å²) in [6.45, 7) is 1.71. The van der Waals surface area contributed by atoms with Gasteiger partial charge in [-0.2, -0.15) is 0 Å². The first kappa shape index (κ1) is 16.7. The number of benzene rings is 1. The zero-order valence-electron chi connectivity index (χ0n) is 11.5. The summed E-state index contributed by atoms with van der Waals surface area (Å²) >= 11 is 13.2. The number of hydrogen-bond acceptors (Lipinski definition) is 3. The van der Waals surface area contributed by atoms with Crippen molar-refractivity contribution in [3.8, 4) is 0 Å². The summed E-state index contributed by atoms with van der Waals surface area (Å²) in [5.41, 5.74) is 5.06. The van der Waals surface area contributed by atoms with Gasteiger partial charge in [0, 0.05) is 16.1 Å². The predicted molar refractivity (Wildman–Crippen MR) is 88.2 cm³/mol. The lowest BCUT2D eigenvalue weighted by molar-refractivity contribution is -0.121. The van der Waals surface area contributed by atoms with Crippen LogP contribution in [-0.2, 0) is 4.79 Å². The average Bonchev–Trinajstić information content (AvgIpc) is 3.02. The molecular weight excluding hydrogens is 345 g/mol. The summed E-state index contributed by atoms with van der Waals surface area (Å²) in [5, 5.41) is 0.601. The Hall–Kier alpha value is -1.63. The molecule has 116 valence electrons. The van der Waals surface area contributed by atoms with Crippen molar-refractivity contribution in [3.63, 3.8) is 0 Å². The summed E-state index contributed by atoms with van der Waals surface area (Å²) in [5.74, 6) is -0.766. The van der Waals surface area contributed by atoms with Crippen LogP contribution in [0.15, 0.2) is 41.4 Å². The van der Waals surface area contributed by atoms with Gasteiger partial charge in [0.15, 0.2) is 0 Å². The lowest BCUT2D eigenvalue weighted by Crippen LogP contribution is -2.45. The molecule has 0 saturated heterocycles. The fraction of sp³-hybridized carbons (Fsp3) is 0.143. The van der Waals surface area contributed by atoms with E-state index in [-0.39, 0.29) is 5.91 Å². The molecule has 3 N–H and O–H groups in total. The predicted octanol–water partition coefficient (Wildman–Crippen LogP) is 3.26. The van der Waals surface area contributed by atoms with Crippen LogP contribution in [0.1, 0.15) is 17.4 Å². The number of H-pyrrole nitrogens is 1. The van der Waals surface area contributed by atoms with Crippen molar-refractivity contribution in [3.05, 3.63) is 52.3 Å². The van der Waals surface area contributed by atoms with E-state index in [1.54, 1.807) is 43.5 Å². The van der Waals surface area contributed by atoms with Gasteiger partial charge in [-0.3, -0.25) is 20.4 Å². The molecule has 5 nitrogen and oxygen atoms in total. The molecule has 1 atom stereocenters. The summed E-state index contributed by atoms with van der Waals surface area (Å²) in [6.07, 6.45) is 1.62. The Morgan fingerprint density at radius 2 is 2.00 bits per heavy atom. The minimum Gasteiger partial charge on any atom is -0.357 e. The van der Waals surface area contributed by atoms with Crippen molar-refractivity contribution in [1.29, 1.82) is 0 Å². The monoisotopic (exact) mass is 357 g/mol. The fourth-order valence-electron chi connectivity index (χ4n) is 1.57. The number of amides is 2. The van der Waals surface area contributed by atoms with E-state index in [9.17, 15) is 9.59 Å². The highest BCUT2D eigenvalue weighted by Crippen LogP contribution is 2.32. The van der Waals surface area contributed by atoms with Crippen LogP contribution < -0.4 is 10.9 Å². The Labute approximate surface area is 141 Å². The molecule has 22 heavy (non-hydrogen) atoms. The van der Waals surface area contributed by atoms with Crippen LogP contribution in [0.4, 0.5) is 0 Å². The normalized spacial score (nSPS) is 11.8. The van der Waals surface area contributed by atoms with Crippen molar-refractivity contribution in [2.75, 3.05) is 0 Å². The molecule has 0 aliphatic heterocycles. The number of hydrogen-bond donors (Lipinski definition) is 3. The second kappa shape index (κ2) is 7.58. The zero-order chi connectivity index (χ0) is 16.1. The largest absolute Gasteiger partial charge is 0.357 e. The number of aromatic amines is 1. The van der Waals surface area contributed by atoms with E-state index in [4.69, 9.17) is 23.2 Å². The lowest BCUT2D eigenvalue weighted by Gasteiger charge is -2.13. The van der Waals surface area contributed by atoms with Gasteiger partial charge in [0.05, 0.1) is 10.3 Å². The molecule has 0 saturated carbocycles. The van der Waals surface area contributed by atoms with Crippen LogP contribution in [0.3, 0.4) is 0 Å². The number of nitrogens with one attached hydrogen (secondary N) is 3. The third-order valence-electron chi connectivity index (χ3n) is 2.71. The first-order valence-electron chi connectivity index (χ1n) is 6.32. The molecular formula is C14H13Cl2N3O2S. The lowest BCUT2D eigenvalue weighted by atomic mass is 10.4. The highest BCUT2D eigenvalue weighted by molar-refractivity contribution is 8.00. The van der Waals surface area contributed by atoms with E-state index < -0.39 is 11.2 Å². The van der Waals surface area contributed by atoms with Crippen LogP contribution in [0.25, 0.3) is 0 Å². The van der Waals surface area contributed by atoms with Crippen LogP contribution >= 0.6 is 35.0 Å². The van der Waals surface area contributed by atoms with Crippen LogP contribution in [0.2, 0.25) is 10.0 Å². The average molecular weight is 358 g/mol.